The van der Waals surface area contributed by atoms with Crippen LogP contribution in [0.2, 0.25) is 0 Å². The number of hydrogen-bond donors (Lipinski definition) is 1. The van der Waals surface area contributed by atoms with E-state index in [1.54, 1.807) is 0 Å². The lowest BCUT2D eigenvalue weighted by atomic mass is 9.67. The van der Waals surface area contributed by atoms with Crippen molar-refractivity contribution in [2.24, 2.45) is 35.3 Å². The van der Waals surface area contributed by atoms with Gasteiger partial charge in [-0.25, -0.2) is 0 Å². The maximum atomic E-state index is 6.72. The summed E-state index contributed by atoms with van der Waals surface area (Å²) in [5.41, 5.74) is 6.92. The predicted octanol–water partition coefficient (Wildman–Crippen LogP) is 3.97. The van der Waals surface area contributed by atoms with Crippen LogP contribution in [0.5, 0.6) is 0 Å². The lowest BCUT2D eigenvalue weighted by Gasteiger charge is -2.43. The average Bonchev–Trinajstić information content (AvgIpc) is 2.85. The Balaban J connectivity index is 1.61. The smallest absolute Gasteiger partial charge is 0.0159 e. The van der Waals surface area contributed by atoms with E-state index in [-0.39, 0.29) is 5.54 Å². The molecule has 98 valence electrons. The molecule has 6 unspecified atom stereocenters. The van der Waals surface area contributed by atoms with Crippen LogP contribution in [-0.2, 0) is 0 Å². The van der Waals surface area contributed by atoms with E-state index in [4.69, 9.17) is 5.73 Å². The number of nitrogens with two attached hydrogens (primary N) is 1. The fourth-order valence-electron chi connectivity index (χ4n) is 5.08. The minimum atomic E-state index is 0.196. The maximum absolute atomic E-state index is 6.72. The Kier molecular flexibility index (Phi) is 3.01. The Morgan fingerprint density at radius 2 is 1.88 bits per heavy atom. The van der Waals surface area contributed by atoms with Crippen molar-refractivity contribution in [2.75, 3.05) is 0 Å². The third kappa shape index (κ3) is 2.28. The first-order chi connectivity index (χ1) is 8.06. The second-order valence-corrected chi connectivity index (χ2v) is 7.70. The van der Waals surface area contributed by atoms with Crippen LogP contribution in [0, 0.1) is 29.6 Å². The van der Waals surface area contributed by atoms with E-state index in [0.717, 1.165) is 29.6 Å². The molecule has 0 aromatic carbocycles. The zero-order valence-electron chi connectivity index (χ0n) is 11.6. The Bertz CT molecular complexity index is 287. The van der Waals surface area contributed by atoms with Crippen molar-refractivity contribution in [3.05, 3.63) is 0 Å². The molecule has 0 amide bonds. The van der Waals surface area contributed by atoms with E-state index in [2.05, 4.69) is 13.8 Å². The van der Waals surface area contributed by atoms with E-state index in [0.29, 0.717) is 0 Å². The van der Waals surface area contributed by atoms with Crippen LogP contribution in [0.25, 0.3) is 0 Å². The zero-order valence-corrected chi connectivity index (χ0v) is 11.6. The van der Waals surface area contributed by atoms with Crippen molar-refractivity contribution in [3.63, 3.8) is 0 Å². The highest BCUT2D eigenvalue weighted by Crippen LogP contribution is 2.52. The summed E-state index contributed by atoms with van der Waals surface area (Å²) < 4.78 is 0. The molecule has 0 radical (unpaired) electrons. The monoisotopic (exact) mass is 235 g/mol. The summed E-state index contributed by atoms with van der Waals surface area (Å²) in [6.07, 6.45) is 11.3. The molecule has 0 saturated heterocycles. The SMILES string of the molecule is CC1CCC(N)(CC2CC3CCC2C3)CC1C. The number of rotatable bonds is 2. The first-order valence-corrected chi connectivity index (χ1v) is 7.84. The summed E-state index contributed by atoms with van der Waals surface area (Å²) in [5.74, 6) is 4.85. The first-order valence-electron chi connectivity index (χ1n) is 7.84. The van der Waals surface area contributed by atoms with Crippen molar-refractivity contribution in [2.45, 2.75) is 70.8 Å². The van der Waals surface area contributed by atoms with Crippen molar-refractivity contribution in [1.82, 2.24) is 0 Å². The molecule has 0 spiro atoms. The standard InChI is InChI=1S/C16H29N/c1-11-5-6-16(17,9-12(11)2)10-15-8-13-3-4-14(15)7-13/h11-15H,3-10,17H2,1-2H3. The predicted molar refractivity (Wildman–Crippen MR) is 72.7 cm³/mol. The van der Waals surface area contributed by atoms with Gasteiger partial charge in [-0.1, -0.05) is 20.3 Å². The van der Waals surface area contributed by atoms with E-state index in [9.17, 15) is 0 Å². The van der Waals surface area contributed by atoms with Gasteiger partial charge >= 0.3 is 0 Å². The van der Waals surface area contributed by atoms with Crippen molar-refractivity contribution < 1.29 is 0 Å². The van der Waals surface area contributed by atoms with Crippen LogP contribution in [-0.4, -0.2) is 5.54 Å². The molecule has 1 heteroatoms. The highest BCUT2D eigenvalue weighted by molar-refractivity contribution is 4.98. The molecule has 3 aliphatic carbocycles. The molecule has 0 heterocycles. The van der Waals surface area contributed by atoms with Crippen LogP contribution < -0.4 is 5.73 Å². The van der Waals surface area contributed by atoms with Crippen LogP contribution in [0.4, 0.5) is 0 Å². The molecule has 0 aliphatic heterocycles. The third-order valence-corrected chi connectivity index (χ3v) is 6.35. The van der Waals surface area contributed by atoms with Gasteiger partial charge in [0.25, 0.3) is 0 Å². The molecule has 2 bridgehead atoms. The Morgan fingerprint density at radius 1 is 1.06 bits per heavy atom. The molecule has 3 rings (SSSR count). The molecule has 3 saturated carbocycles. The first kappa shape index (κ1) is 12.0. The zero-order chi connectivity index (χ0) is 12.0. The van der Waals surface area contributed by atoms with E-state index in [1.807, 2.05) is 0 Å². The Hall–Kier alpha value is -0.0400. The summed E-state index contributed by atoms with van der Waals surface area (Å²) in [6.45, 7) is 4.81. The largest absolute Gasteiger partial charge is 0.325 e. The topological polar surface area (TPSA) is 26.0 Å². The van der Waals surface area contributed by atoms with Crippen LogP contribution in [0.1, 0.15) is 65.2 Å². The van der Waals surface area contributed by atoms with Crippen molar-refractivity contribution in [1.29, 1.82) is 0 Å². The van der Waals surface area contributed by atoms with Crippen LogP contribution in [0.3, 0.4) is 0 Å². The molecule has 0 aromatic heterocycles. The van der Waals surface area contributed by atoms with E-state index in [1.165, 1.54) is 51.4 Å². The Labute approximate surface area is 107 Å². The minimum Gasteiger partial charge on any atom is -0.325 e. The fraction of sp³-hybridized carbons (Fsp3) is 1.00. The van der Waals surface area contributed by atoms with Gasteiger partial charge in [-0.15, -0.1) is 0 Å². The van der Waals surface area contributed by atoms with E-state index < -0.39 is 0 Å². The fourth-order valence-corrected chi connectivity index (χ4v) is 5.08. The molecule has 3 fully saturated rings. The van der Waals surface area contributed by atoms with Crippen LogP contribution in [0.15, 0.2) is 0 Å². The van der Waals surface area contributed by atoms with Gasteiger partial charge in [0.15, 0.2) is 0 Å². The third-order valence-electron chi connectivity index (χ3n) is 6.35. The Morgan fingerprint density at radius 3 is 2.47 bits per heavy atom. The molecule has 1 nitrogen and oxygen atoms in total. The highest BCUT2D eigenvalue weighted by atomic mass is 14.8. The van der Waals surface area contributed by atoms with Gasteiger partial charge in [0.05, 0.1) is 0 Å². The molecule has 6 atom stereocenters. The molecule has 17 heavy (non-hydrogen) atoms. The average molecular weight is 235 g/mol. The summed E-state index contributed by atoms with van der Waals surface area (Å²) in [7, 11) is 0. The van der Waals surface area contributed by atoms with Crippen molar-refractivity contribution >= 4 is 0 Å². The quantitative estimate of drug-likeness (QED) is 0.770. The lowest BCUT2D eigenvalue weighted by molar-refractivity contribution is 0.133. The normalized spacial score (nSPS) is 54.2. The van der Waals surface area contributed by atoms with Gasteiger partial charge < -0.3 is 5.73 Å². The second kappa shape index (κ2) is 4.26. The number of hydrogen-bond acceptors (Lipinski definition) is 1. The highest BCUT2D eigenvalue weighted by Gasteiger charge is 2.44. The van der Waals surface area contributed by atoms with Gasteiger partial charge in [-0.05, 0) is 74.5 Å². The van der Waals surface area contributed by atoms with E-state index >= 15 is 0 Å². The number of fused-ring (bicyclic) bond motifs is 2. The molecule has 3 aliphatic rings. The van der Waals surface area contributed by atoms with Gasteiger partial charge in [0.1, 0.15) is 0 Å². The maximum Gasteiger partial charge on any atom is 0.0159 e. The van der Waals surface area contributed by atoms with Crippen molar-refractivity contribution in [3.8, 4) is 0 Å². The molecular formula is C16H29N. The van der Waals surface area contributed by atoms with Gasteiger partial charge in [0, 0.05) is 5.54 Å². The summed E-state index contributed by atoms with van der Waals surface area (Å²) in [4.78, 5) is 0. The lowest BCUT2D eigenvalue weighted by Crippen LogP contribution is -2.47. The van der Waals surface area contributed by atoms with Gasteiger partial charge in [0.2, 0.25) is 0 Å². The molecule has 0 aromatic rings. The van der Waals surface area contributed by atoms with Crippen LogP contribution >= 0.6 is 0 Å². The summed E-state index contributed by atoms with van der Waals surface area (Å²) >= 11 is 0. The summed E-state index contributed by atoms with van der Waals surface area (Å²) in [6, 6.07) is 0. The summed E-state index contributed by atoms with van der Waals surface area (Å²) in [5, 5.41) is 0. The molecular weight excluding hydrogens is 206 g/mol. The minimum absolute atomic E-state index is 0.196. The van der Waals surface area contributed by atoms with Gasteiger partial charge in [-0.2, -0.15) is 0 Å². The van der Waals surface area contributed by atoms with Gasteiger partial charge in [-0.3, -0.25) is 0 Å². The second-order valence-electron chi connectivity index (χ2n) is 7.70. The molecule has 2 N–H and O–H groups in total.